The molecule has 1 aromatic rings. The van der Waals surface area contributed by atoms with Crippen LogP contribution < -0.4 is 5.32 Å². The quantitative estimate of drug-likeness (QED) is 0.895. The molecule has 2 saturated heterocycles. The van der Waals surface area contributed by atoms with Gasteiger partial charge in [0.1, 0.15) is 0 Å². The van der Waals surface area contributed by atoms with Gasteiger partial charge in [0.2, 0.25) is 0 Å². The first kappa shape index (κ1) is 15.0. The molecule has 21 heavy (non-hydrogen) atoms. The van der Waals surface area contributed by atoms with Gasteiger partial charge in [0.25, 0.3) is 0 Å². The Bertz CT molecular complexity index is 420. The van der Waals surface area contributed by atoms with Gasteiger partial charge in [0.15, 0.2) is 0 Å². The Morgan fingerprint density at radius 3 is 2.71 bits per heavy atom. The summed E-state index contributed by atoms with van der Waals surface area (Å²) in [7, 11) is 2.24. The fraction of sp³-hybridized carbons (Fsp3) is 0.667. The number of benzene rings is 1. The topological polar surface area (TPSA) is 18.5 Å². The molecular weight excluding hydrogens is 258 g/mol. The zero-order valence-corrected chi connectivity index (χ0v) is 13.3. The molecule has 3 rings (SSSR count). The van der Waals surface area contributed by atoms with E-state index in [9.17, 15) is 0 Å². The molecule has 2 fully saturated rings. The Hall–Kier alpha value is -0.900. The van der Waals surface area contributed by atoms with Crippen LogP contribution in [-0.2, 0) is 6.54 Å². The Morgan fingerprint density at radius 2 is 1.95 bits per heavy atom. The molecule has 0 spiro atoms. The van der Waals surface area contributed by atoms with Crippen LogP contribution in [0.25, 0.3) is 0 Å². The summed E-state index contributed by atoms with van der Waals surface area (Å²) in [5.74, 6) is 0.861. The molecule has 1 N–H and O–H groups in total. The van der Waals surface area contributed by atoms with Gasteiger partial charge in [0.05, 0.1) is 0 Å². The van der Waals surface area contributed by atoms with E-state index in [2.05, 4.69) is 52.5 Å². The van der Waals surface area contributed by atoms with Crippen molar-refractivity contribution in [3.05, 3.63) is 35.9 Å². The first-order valence-electron chi connectivity index (χ1n) is 8.48. The lowest BCUT2D eigenvalue weighted by atomic mass is 10.0. The average Bonchev–Trinajstić information content (AvgIpc) is 2.92. The molecule has 2 aliphatic rings. The standard InChI is InChI=1S/C18H29N3/c1-20-11-9-17(13-20)12-19-18-8-5-10-21(15-18)14-16-6-3-2-4-7-16/h2-4,6-7,17-19H,5,8-15H2,1H3. The zero-order valence-electron chi connectivity index (χ0n) is 13.3. The van der Waals surface area contributed by atoms with Crippen molar-refractivity contribution in [1.29, 1.82) is 0 Å². The second kappa shape index (κ2) is 7.39. The van der Waals surface area contributed by atoms with Crippen molar-refractivity contribution in [2.75, 3.05) is 39.8 Å². The maximum Gasteiger partial charge on any atom is 0.0234 e. The molecule has 0 amide bonds. The molecular formula is C18H29N3. The first-order valence-corrected chi connectivity index (χ1v) is 8.48. The van der Waals surface area contributed by atoms with Crippen molar-refractivity contribution >= 4 is 0 Å². The van der Waals surface area contributed by atoms with Gasteiger partial charge >= 0.3 is 0 Å². The second-order valence-corrected chi connectivity index (χ2v) is 6.89. The van der Waals surface area contributed by atoms with Crippen molar-refractivity contribution in [2.24, 2.45) is 5.92 Å². The van der Waals surface area contributed by atoms with E-state index in [1.165, 1.54) is 57.5 Å². The molecule has 1 aromatic carbocycles. The summed E-state index contributed by atoms with van der Waals surface area (Å²) in [5, 5.41) is 3.83. The van der Waals surface area contributed by atoms with E-state index in [-0.39, 0.29) is 0 Å². The van der Waals surface area contributed by atoms with Gasteiger partial charge in [-0.1, -0.05) is 30.3 Å². The third kappa shape index (κ3) is 4.53. The molecule has 2 atom stereocenters. The Balaban J connectivity index is 1.43. The Labute approximate surface area is 129 Å². The van der Waals surface area contributed by atoms with E-state index in [1.807, 2.05) is 0 Å². The minimum Gasteiger partial charge on any atom is -0.312 e. The smallest absolute Gasteiger partial charge is 0.0234 e. The molecule has 3 heteroatoms. The van der Waals surface area contributed by atoms with Gasteiger partial charge in [0, 0.05) is 25.7 Å². The normalized spacial score (nSPS) is 28.0. The average molecular weight is 287 g/mol. The minimum absolute atomic E-state index is 0.688. The molecule has 2 heterocycles. The Kier molecular flexibility index (Phi) is 5.28. The number of likely N-dealkylation sites (tertiary alicyclic amines) is 2. The van der Waals surface area contributed by atoms with E-state index in [0.29, 0.717) is 6.04 Å². The maximum atomic E-state index is 3.83. The van der Waals surface area contributed by atoms with Crippen molar-refractivity contribution in [1.82, 2.24) is 15.1 Å². The van der Waals surface area contributed by atoms with Crippen LogP contribution in [0.4, 0.5) is 0 Å². The van der Waals surface area contributed by atoms with E-state index in [4.69, 9.17) is 0 Å². The number of nitrogens with zero attached hydrogens (tertiary/aromatic N) is 2. The third-order valence-corrected chi connectivity index (χ3v) is 4.94. The summed E-state index contributed by atoms with van der Waals surface area (Å²) < 4.78 is 0. The highest BCUT2D eigenvalue weighted by Crippen LogP contribution is 2.16. The van der Waals surface area contributed by atoms with Gasteiger partial charge in [-0.25, -0.2) is 0 Å². The highest BCUT2D eigenvalue weighted by atomic mass is 15.2. The van der Waals surface area contributed by atoms with Crippen LogP contribution in [-0.4, -0.2) is 55.6 Å². The molecule has 2 unspecified atom stereocenters. The van der Waals surface area contributed by atoms with Crippen molar-refractivity contribution in [2.45, 2.75) is 31.8 Å². The SMILES string of the molecule is CN1CCC(CNC2CCCN(Cc3ccccc3)C2)C1. The molecule has 2 aliphatic heterocycles. The first-order chi connectivity index (χ1) is 10.3. The number of piperidine rings is 1. The lowest BCUT2D eigenvalue weighted by Gasteiger charge is -2.34. The van der Waals surface area contributed by atoms with Crippen molar-refractivity contribution in [3.8, 4) is 0 Å². The number of rotatable bonds is 5. The highest BCUT2D eigenvalue weighted by molar-refractivity contribution is 5.14. The number of hydrogen-bond donors (Lipinski definition) is 1. The monoisotopic (exact) mass is 287 g/mol. The van der Waals surface area contributed by atoms with Crippen LogP contribution in [0.2, 0.25) is 0 Å². The fourth-order valence-electron chi connectivity index (χ4n) is 3.73. The van der Waals surface area contributed by atoms with E-state index >= 15 is 0 Å². The van der Waals surface area contributed by atoms with Crippen LogP contribution in [0.1, 0.15) is 24.8 Å². The van der Waals surface area contributed by atoms with Gasteiger partial charge < -0.3 is 10.2 Å². The zero-order chi connectivity index (χ0) is 14.5. The molecule has 116 valence electrons. The third-order valence-electron chi connectivity index (χ3n) is 4.94. The van der Waals surface area contributed by atoms with Gasteiger partial charge in [-0.15, -0.1) is 0 Å². The van der Waals surface area contributed by atoms with Crippen LogP contribution in [0, 0.1) is 5.92 Å². The van der Waals surface area contributed by atoms with Crippen LogP contribution >= 0.6 is 0 Å². The lowest BCUT2D eigenvalue weighted by molar-refractivity contribution is 0.180. The fourth-order valence-corrected chi connectivity index (χ4v) is 3.73. The summed E-state index contributed by atoms with van der Waals surface area (Å²) in [6.07, 6.45) is 4.03. The van der Waals surface area contributed by atoms with Crippen molar-refractivity contribution < 1.29 is 0 Å². The van der Waals surface area contributed by atoms with Crippen LogP contribution in [0.15, 0.2) is 30.3 Å². The summed E-state index contributed by atoms with van der Waals surface area (Å²) in [4.78, 5) is 5.06. The van der Waals surface area contributed by atoms with Crippen LogP contribution in [0.3, 0.4) is 0 Å². The molecule has 0 aromatic heterocycles. The van der Waals surface area contributed by atoms with Gasteiger partial charge in [-0.2, -0.15) is 0 Å². The summed E-state index contributed by atoms with van der Waals surface area (Å²) in [5.41, 5.74) is 1.44. The summed E-state index contributed by atoms with van der Waals surface area (Å²) in [6, 6.07) is 11.6. The van der Waals surface area contributed by atoms with E-state index < -0.39 is 0 Å². The molecule has 0 radical (unpaired) electrons. The number of nitrogens with one attached hydrogen (secondary N) is 1. The van der Waals surface area contributed by atoms with E-state index in [1.54, 1.807) is 0 Å². The number of hydrogen-bond acceptors (Lipinski definition) is 3. The maximum absolute atomic E-state index is 3.83. The molecule has 0 aliphatic carbocycles. The predicted octanol–water partition coefficient (Wildman–Crippen LogP) is 2.19. The van der Waals surface area contributed by atoms with Gasteiger partial charge in [-0.3, -0.25) is 4.90 Å². The summed E-state index contributed by atoms with van der Waals surface area (Å²) in [6.45, 7) is 7.31. The van der Waals surface area contributed by atoms with Gasteiger partial charge in [-0.05, 0) is 57.4 Å². The molecule has 3 nitrogen and oxygen atoms in total. The predicted molar refractivity (Wildman–Crippen MR) is 88.3 cm³/mol. The Morgan fingerprint density at radius 1 is 1.10 bits per heavy atom. The molecule has 0 bridgehead atoms. The van der Waals surface area contributed by atoms with Crippen LogP contribution in [0.5, 0.6) is 0 Å². The largest absolute Gasteiger partial charge is 0.312 e. The second-order valence-electron chi connectivity index (χ2n) is 6.89. The lowest BCUT2D eigenvalue weighted by Crippen LogP contribution is -2.46. The molecule has 0 saturated carbocycles. The van der Waals surface area contributed by atoms with E-state index in [0.717, 1.165) is 12.5 Å². The highest BCUT2D eigenvalue weighted by Gasteiger charge is 2.23. The summed E-state index contributed by atoms with van der Waals surface area (Å²) >= 11 is 0. The minimum atomic E-state index is 0.688. The van der Waals surface area contributed by atoms with Crippen molar-refractivity contribution in [3.63, 3.8) is 0 Å².